The van der Waals surface area contributed by atoms with Crippen LogP contribution in [0.2, 0.25) is 10.0 Å². The highest BCUT2D eigenvalue weighted by Crippen LogP contribution is 2.34. The van der Waals surface area contributed by atoms with E-state index in [0.717, 1.165) is 11.1 Å². The molecule has 0 fully saturated rings. The van der Waals surface area contributed by atoms with Crippen molar-refractivity contribution in [1.82, 2.24) is 0 Å². The molecule has 0 spiro atoms. The summed E-state index contributed by atoms with van der Waals surface area (Å²) in [6, 6.07) is 13.4. The molecule has 2 N–H and O–H groups in total. The van der Waals surface area contributed by atoms with E-state index in [0.29, 0.717) is 10.0 Å². The average molecular weight is 308 g/mol. The van der Waals surface area contributed by atoms with Crippen LogP contribution in [0.4, 0.5) is 0 Å². The van der Waals surface area contributed by atoms with Gasteiger partial charge >= 0.3 is 0 Å². The summed E-state index contributed by atoms with van der Waals surface area (Å²) in [6.07, 6.45) is 0. The standard InChI is InChI=1S/C15H11Cl2NS/c16-10-4-5-13(17)12(8-10)14(18)11-3-1-2-9-6-7-19-15(9)11/h1-8,14H,18H2. The molecule has 0 aliphatic carbocycles. The summed E-state index contributed by atoms with van der Waals surface area (Å²) in [5.74, 6) is 0. The minimum Gasteiger partial charge on any atom is -0.320 e. The molecule has 2 aromatic carbocycles. The second-order valence-electron chi connectivity index (χ2n) is 4.33. The molecular formula is C15H11Cl2NS. The molecule has 96 valence electrons. The zero-order valence-corrected chi connectivity index (χ0v) is 12.3. The zero-order chi connectivity index (χ0) is 13.4. The van der Waals surface area contributed by atoms with Crippen LogP contribution in [0.5, 0.6) is 0 Å². The summed E-state index contributed by atoms with van der Waals surface area (Å²) in [4.78, 5) is 0. The third-order valence-electron chi connectivity index (χ3n) is 3.14. The normalized spacial score (nSPS) is 12.8. The maximum atomic E-state index is 6.37. The Kier molecular flexibility index (Phi) is 3.50. The van der Waals surface area contributed by atoms with Gasteiger partial charge < -0.3 is 5.73 Å². The Bertz CT molecular complexity index is 736. The Labute approximate surface area is 125 Å². The largest absolute Gasteiger partial charge is 0.320 e. The van der Waals surface area contributed by atoms with E-state index in [2.05, 4.69) is 17.5 Å². The number of hydrogen-bond donors (Lipinski definition) is 1. The van der Waals surface area contributed by atoms with E-state index in [1.807, 2.05) is 18.2 Å². The van der Waals surface area contributed by atoms with Crippen molar-refractivity contribution in [3.05, 3.63) is 69.0 Å². The molecule has 1 unspecified atom stereocenters. The van der Waals surface area contributed by atoms with Crippen molar-refractivity contribution < 1.29 is 0 Å². The number of fused-ring (bicyclic) bond motifs is 1. The molecule has 1 aromatic heterocycles. The number of benzene rings is 2. The molecule has 1 nitrogen and oxygen atoms in total. The molecule has 4 heteroatoms. The van der Waals surface area contributed by atoms with Gasteiger partial charge in [0.1, 0.15) is 0 Å². The first-order chi connectivity index (χ1) is 9.16. The maximum absolute atomic E-state index is 6.37. The first-order valence-electron chi connectivity index (χ1n) is 5.83. The lowest BCUT2D eigenvalue weighted by molar-refractivity contribution is 0.883. The Morgan fingerprint density at radius 1 is 1.00 bits per heavy atom. The Balaban J connectivity index is 2.15. The molecule has 1 heterocycles. The Hall–Kier alpha value is -1.06. The van der Waals surface area contributed by atoms with Crippen LogP contribution in [-0.2, 0) is 0 Å². The molecule has 0 bridgehead atoms. The van der Waals surface area contributed by atoms with Crippen molar-refractivity contribution in [3.8, 4) is 0 Å². The molecule has 0 saturated heterocycles. The second-order valence-corrected chi connectivity index (χ2v) is 6.09. The number of rotatable bonds is 2. The van der Waals surface area contributed by atoms with Gasteiger partial charge in [0, 0.05) is 14.7 Å². The predicted molar refractivity (Wildman–Crippen MR) is 84.3 cm³/mol. The lowest BCUT2D eigenvalue weighted by atomic mass is 9.98. The van der Waals surface area contributed by atoms with Crippen LogP contribution in [0, 0.1) is 0 Å². The van der Waals surface area contributed by atoms with E-state index in [9.17, 15) is 0 Å². The van der Waals surface area contributed by atoms with Crippen LogP contribution in [0.1, 0.15) is 17.2 Å². The van der Waals surface area contributed by atoms with Crippen LogP contribution in [0.3, 0.4) is 0 Å². The Morgan fingerprint density at radius 3 is 2.68 bits per heavy atom. The monoisotopic (exact) mass is 307 g/mol. The van der Waals surface area contributed by atoms with Crippen molar-refractivity contribution in [2.45, 2.75) is 6.04 Å². The van der Waals surface area contributed by atoms with E-state index >= 15 is 0 Å². The number of halogens is 2. The smallest absolute Gasteiger partial charge is 0.0581 e. The molecular weight excluding hydrogens is 297 g/mol. The second kappa shape index (κ2) is 5.14. The maximum Gasteiger partial charge on any atom is 0.0581 e. The highest BCUT2D eigenvalue weighted by molar-refractivity contribution is 7.17. The fraction of sp³-hybridized carbons (Fsp3) is 0.0667. The van der Waals surface area contributed by atoms with Crippen LogP contribution in [-0.4, -0.2) is 0 Å². The number of hydrogen-bond acceptors (Lipinski definition) is 2. The fourth-order valence-electron chi connectivity index (χ4n) is 2.18. The van der Waals surface area contributed by atoms with Crippen LogP contribution < -0.4 is 5.73 Å². The van der Waals surface area contributed by atoms with E-state index in [1.165, 1.54) is 10.1 Å². The van der Waals surface area contributed by atoms with Crippen molar-refractivity contribution >= 4 is 44.6 Å². The van der Waals surface area contributed by atoms with E-state index < -0.39 is 0 Å². The van der Waals surface area contributed by atoms with Gasteiger partial charge in [-0.2, -0.15) is 0 Å². The fourth-order valence-corrected chi connectivity index (χ4v) is 3.55. The van der Waals surface area contributed by atoms with Crippen molar-refractivity contribution in [3.63, 3.8) is 0 Å². The third kappa shape index (κ3) is 2.37. The van der Waals surface area contributed by atoms with Crippen molar-refractivity contribution in [1.29, 1.82) is 0 Å². The molecule has 0 radical (unpaired) electrons. The highest BCUT2D eigenvalue weighted by Gasteiger charge is 2.16. The number of thiophene rings is 1. The predicted octanol–water partition coefficient (Wildman–Crippen LogP) is 5.26. The van der Waals surface area contributed by atoms with Crippen LogP contribution in [0.25, 0.3) is 10.1 Å². The topological polar surface area (TPSA) is 26.0 Å². The van der Waals surface area contributed by atoms with Gasteiger partial charge in [0.25, 0.3) is 0 Å². The zero-order valence-electron chi connectivity index (χ0n) is 9.94. The average Bonchev–Trinajstić information content (AvgIpc) is 2.89. The summed E-state index contributed by atoms with van der Waals surface area (Å²) in [5, 5.41) is 4.57. The SMILES string of the molecule is NC(c1cc(Cl)ccc1Cl)c1cccc2ccsc12. The van der Waals surface area contributed by atoms with E-state index in [1.54, 1.807) is 23.5 Å². The first-order valence-corrected chi connectivity index (χ1v) is 7.47. The molecule has 19 heavy (non-hydrogen) atoms. The quantitative estimate of drug-likeness (QED) is 0.687. The van der Waals surface area contributed by atoms with Crippen LogP contribution >= 0.6 is 34.5 Å². The third-order valence-corrected chi connectivity index (χ3v) is 4.70. The van der Waals surface area contributed by atoms with E-state index in [-0.39, 0.29) is 6.04 Å². The van der Waals surface area contributed by atoms with Gasteiger partial charge in [-0.05, 0) is 46.2 Å². The van der Waals surface area contributed by atoms with Gasteiger partial charge in [-0.1, -0.05) is 41.4 Å². The van der Waals surface area contributed by atoms with Gasteiger partial charge in [-0.15, -0.1) is 11.3 Å². The van der Waals surface area contributed by atoms with Gasteiger partial charge in [-0.3, -0.25) is 0 Å². The summed E-state index contributed by atoms with van der Waals surface area (Å²) >= 11 is 14.0. The van der Waals surface area contributed by atoms with Crippen molar-refractivity contribution in [2.75, 3.05) is 0 Å². The molecule has 0 aliphatic heterocycles. The van der Waals surface area contributed by atoms with Crippen LogP contribution in [0.15, 0.2) is 47.8 Å². The lowest BCUT2D eigenvalue weighted by Crippen LogP contribution is -2.12. The first kappa shape index (κ1) is 12.9. The lowest BCUT2D eigenvalue weighted by Gasteiger charge is -2.15. The molecule has 0 amide bonds. The van der Waals surface area contributed by atoms with Gasteiger partial charge in [-0.25, -0.2) is 0 Å². The summed E-state index contributed by atoms with van der Waals surface area (Å²) in [7, 11) is 0. The highest BCUT2D eigenvalue weighted by atomic mass is 35.5. The minimum absolute atomic E-state index is 0.270. The summed E-state index contributed by atoms with van der Waals surface area (Å²) < 4.78 is 1.20. The van der Waals surface area contributed by atoms with E-state index in [4.69, 9.17) is 28.9 Å². The van der Waals surface area contributed by atoms with Gasteiger partial charge in [0.15, 0.2) is 0 Å². The summed E-state index contributed by atoms with van der Waals surface area (Å²) in [5.41, 5.74) is 8.31. The van der Waals surface area contributed by atoms with Crippen molar-refractivity contribution in [2.24, 2.45) is 5.73 Å². The Morgan fingerprint density at radius 2 is 1.84 bits per heavy atom. The van der Waals surface area contributed by atoms with Gasteiger partial charge in [0.05, 0.1) is 6.04 Å². The molecule has 0 saturated carbocycles. The molecule has 3 rings (SSSR count). The molecule has 1 atom stereocenters. The van der Waals surface area contributed by atoms with Gasteiger partial charge in [0.2, 0.25) is 0 Å². The molecule has 0 aliphatic rings. The minimum atomic E-state index is -0.270. The number of nitrogens with two attached hydrogens (primary N) is 1. The molecule has 3 aromatic rings. The summed E-state index contributed by atoms with van der Waals surface area (Å²) in [6.45, 7) is 0.